The van der Waals surface area contributed by atoms with Gasteiger partial charge in [-0.25, -0.2) is 0 Å². The van der Waals surface area contributed by atoms with Crippen LogP contribution in [-0.2, 0) is 4.79 Å². The van der Waals surface area contributed by atoms with E-state index in [-0.39, 0.29) is 11.7 Å². The zero-order valence-electron chi connectivity index (χ0n) is 14.6. The third-order valence-corrected chi connectivity index (χ3v) is 4.82. The van der Waals surface area contributed by atoms with Crippen LogP contribution >= 0.6 is 0 Å². The monoisotopic (exact) mass is 352 g/mol. The number of carbonyl (C=O) groups is 1. The van der Waals surface area contributed by atoms with Gasteiger partial charge in [0.15, 0.2) is 0 Å². The Bertz CT molecular complexity index is 840. The average Bonchev–Trinajstić information content (AvgIpc) is 3.11. The molecule has 2 heterocycles. The number of hydrogen-bond acceptors (Lipinski definition) is 4. The van der Waals surface area contributed by atoms with Crippen molar-refractivity contribution in [3.8, 4) is 5.75 Å². The van der Waals surface area contributed by atoms with Gasteiger partial charge in [-0.1, -0.05) is 18.7 Å². The fourth-order valence-electron chi connectivity index (χ4n) is 3.27. The van der Waals surface area contributed by atoms with Crippen LogP contribution in [0.3, 0.4) is 0 Å². The molecule has 136 valence electrons. The second kappa shape index (κ2) is 7.39. The van der Waals surface area contributed by atoms with Crippen LogP contribution in [0.1, 0.15) is 24.0 Å². The first-order chi connectivity index (χ1) is 12.5. The van der Waals surface area contributed by atoms with Crippen LogP contribution in [0.15, 0.2) is 49.2 Å². The lowest BCUT2D eigenvalue weighted by Gasteiger charge is -2.14. The van der Waals surface area contributed by atoms with Crippen LogP contribution in [0, 0.1) is 5.92 Å². The highest BCUT2D eigenvalue weighted by molar-refractivity contribution is 5.88. The number of rotatable bonds is 3. The number of fused-ring (bicyclic) bond motifs is 1. The van der Waals surface area contributed by atoms with Crippen LogP contribution in [0.2, 0.25) is 0 Å². The summed E-state index contributed by atoms with van der Waals surface area (Å²) < 4.78 is 0. The fraction of sp³-hybridized carbons (Fsp3) is 0.250. The number of aromatic amines is 1. The maximum Gasteiger partial charge on any atom is 0.246 e. The largest absolute Gasteiger partial charge is 0.507 e. The van der Waals surface area contributed by atoms with Crippen molar-refractivity contribution in [3.05, 3.63) is 60.3 Å². The van der Waals surface area contributed by atoms with Crippen LogP contribution in [0.5, 0.6) is 5.75 Å². The summed E-state index contributed by atoms with van der Waals surface area (Å²) >= 11 is 0. The van der Waals surface area contributed by atoms with Gasteiger partial charge in [-0.3, -0.25) is 4.79 Å². The number of nitrogens with zero attached hydrogens (tertiary/aromatic N) is 1. The van der Waals surface area contributed by atoms with Crippen molar-refractivity contribution in [2.75, 3.05) is 12.3 Å². The van der Waals surface area contributed by atoms with Crippen molar-refractivity contribution < 1.29 is 9.90 Å². The third kappa shape index (κ3) is 3.74. The Kier molecular flexibility index (Phi) is 5.02. The summed E-state index contributed by atoms with van der Waals surface area (Å²) in [5.41, 5.74) is 13.5. The van der Waals surface area contributed by atoms with E-state index in [0.29, 0.717) is 23.1 Å². The Morgan fingerprint density at radius 3 is 2.65 bits per heavy atom. The zero-order chi connectivity index (χ0) is 18.7. The second-order valence-corrected chi connectivity index (χ2v) is 6.55. The van der Waals surface area contributed by atoms with Gasteiger partial charge in [-0.15, -0.1) is 0 Å². The minimum atomic E-state index is 0.116. The lowest BCUT2D eigenvalue weighted by Crippen LogP contribution is -2.28. The number of nitrogens with two attached hydrogens (primary N) is 2. The number of phenols is 1. The number of carbonyl (C=O) groups excluding carboxylic acids is 1. The molecule has 6 nitrogen and oxygen atoms in total. The molecular formula is C20H24N4O2. The van der Waals surface area contributed by atoms with Crippen molar-refractivity contribution in [2.45, 2.75) is 18.9 Å². The van der Waals surface area contributed by atoms with E-state index in [4.69, 9.17) is 11.5 Å². The highest BCUT2D eigenvalue weighted by atomic mass is 16.3. The Hall–Kier alpha value is -3.15. The van der Waals surface area contributed by atoms with Gasteiger partial charge in [0, 0.05) is 35.6 Å². The maximum atomic E-state index is 11.1. The lowest BCUT2D eigenvalue weighted by molar-refractivity contribution is -0.125. The third-order valence-electron chi connectivity index (χ3n) is 4.82. The molecule has 4 rings (SSSR count). The highest BCUT2D eigenvalue weighted by Gasteiger charge is 2.48. The van der Waals surface area contributed by atoms with Gasteiger partial charge < -0.3 is 26.5 Å². The van der Waals surface area contributed by atoms with E-state index < -0.39 is 0 Å². The lowest BCUT2D eigenvalue weighted by atomic mass is 10.1. The summed E-state index contributed by atoms with van der Waals surface area (Å²) in [6, 6.07) is 9.32. The molecule has 1 aromatic carbocycles. The number of para-hydroxylation sites is 1. The first-order valence-electron chi connectivity index (χ1n) is 8.62. The number of benzene rings is 1. The number of likely N-dealkylation sites (tertiary alicyclic amines) is 1. The zero-order valence-corrected chi connectivity index (χ0v) is 14.6. The van der Waals surface area contributed by atoms with E-state index in [1.165, 1.54) is 18.9 Å². The molecule has 1 aliphatic carbocycles. The van der Waals surface area contributed by atoms with Gasteiger partial charge in [0.05, 0.1) is 0 Å². The van der Waals surface area contributed by atoms with Gasteiger partial charge >= 0.3 is 0 Å². The number of hydrogen-bond donors (Lipinski definition) is 4. The fourth-order valence-corrected chi connectivity index (χ4v) is 3.27. The molecular weight excluding hydrogens is 328 g/mol. The Morgan fingerprint density at radius 1 is 1.35 bits per heavy atom. The number of amides is 1. The summed E-state index contributed by atoms with van der Waals surface area (Å²) in [6.07, 6.45) is 7.32. The van der Waals surface area contributed by atoms with Gasteiger partial charge in [-0.2, -0.15) is 0 Å². The quantitative estimate of drug-likeness (QED) is 0.637. The van der Waals surface area contributed by atoms with Gasteiger partial charge in [-0.05, 0) is 49.1 Å². The van der Waals surface area contributed by atoms with Crippen molar-refractivity contribution in [3.63, 3.8) is 0 Å². The standard InChI is InChI=1S/C12H13N3O.C8H11NO/c13-10(7-8-5-6-15-12(8)14)9-3-1-2-4-11(9)16;1-2-8(10)9-4-3-6-5-7(6)9/h1-7,15-16H,13-14H2;2,6-7H,1,3-5H2/b10-7-;/t;6-,7?/m.0/s1. The normalized spacial score (nSPS) is 20.8. The molecule has 2 aliphatic rings. The summed E-state index contributed by atoms with van der Waals surface area (Å²) in [7, 11) is 0. The molecule has 26 heavy (non-hydrogen) atoms. The molecule has 1 amide bonds. The summed E-state index contributed by atoms with van der Waals surface area (Å²) in [4.78, 5) is 15.9. The van der Waals surface area contributed by atoms with Crippen molar-refractivity contribution >= 4 is 23.5 Å². The highest BCUT2D eigenvalue weighted by Crippen LogP contribution is 2.44. The molecule has 1 aromatic heterocycles. The molecule has 1 saturated heterocycles. The van der Waals surface area contributed by atoms with E-state index in [9.17, 15) is 9.90 Å². The summed E-state index contributed by atoms with van der Waals surface area (Å²) in [5.74, 6) is 1.66. The molecule has 0 spiro atoms. The van der Waals surface area contributed by atoms with Crippen molar-refractivity contribution in [2.24, 2.45) is 11.7 Å². The maximum absolute atomic E-state index is 11.1. The average molecular weight is 352 g/mol. The number of phenolic OH excluding ortho intramolecular Hbond substituents is 1. The number of aromatic hydroxyl groups is 1. The van der Waals surface area contributed by atoms with Crippen LogP contribution in [0.4, 0.5) is 5.82 Å². The number of nitrogens with one attached hydrogen (secondary N) is 1. The van der Waals surface area contributed by atoms with Gasteiger partial charge in [0.25, 0.3) is 0 Å². The topological polar surface area (TPSA) is 108 Å². The van der Waals surface area contributed by atoms with Crippen molar-refractivity contribution in [1.82, 2.24) is 9.88 Å². The van der Waals surface area contributed by atoms with Gasteiger partial charge in [0.2, 0.25) is 5.91 Å². The minimum absolute atomic E-state index is 0.116. The van der Waals surface area contributed by atoms with E-state index in [0.717, 1.165) is 18.0 Å². The number of H-pyrrole nitrogens is 1. The SMILES string of the molecule is C=CC(=O)N1CC[C@H]2CC21.N/C(=C\c1cc[nH]c1N)c1ccccc1O. The molecule has 0 bridgehead atoms. The smallest absolute Gasteiger partial charge is 0.246 e. The molecule has 2 fully saturated rings. The molecule has 1 saturated carbocycles. The predicted molar refractivity (Wildman–Crippen MR) is 104 cm³/mol. The number of aromatic nitrogens is 1. The Balaban J connectivity index is 0.000000167. The number of piperidine rings is 1. The molecule has 2 atom stereocenters. The Morgan fingerprint density at radius 2 is 2.12 bits per heavy atom. The predicted octanol–water partition coefficient (Wildman–Crippen LogP) is 2.55. The molecule has 6 heteroatoms. The first kappa shape index (κ1) is 17.7. The van der Waals surface area contributed by atoms with Crippen LogP contribution < -0.4 is 11.5 Å². The molecule has 1 aliphatic heterocycles. The van der Waals surface area contributed by atoms with Gasteiger partial charge in [0.1, 0.15) is 11.6 Å². The van der Waals surface area contributed by atoms with Crippen molar-refractivity contribution in [1.29, 1.82) is 0 Å². The molecule has 0 radical (unpaired) electrons. The number of nitrogen functional groups attached to an aromatic ring is 1. The minimum Gasteiger partial charge on any atom is -0.507 e. The number of anilines is 1. The van der Waals surface area contributed by atoms with Crippen LogP contribution in [-0.4, -0.2) is 33.5 Å². The second-order valence-electron chi connectivity index (χ2n) is 6.55. The van der Waals surface area contributed by atoms with E-state index in [1.807, 2.05) is 17.0 Å². The van der Waals surface area contributed by atoms with Crippen LogP contribution in [0.25, 0.3) is 11.8 Å². The summed E-state index contributed by atoms with van der Waals surface area (Å²) in [5, 5.41) is 9.62. The molecule has 6 N–H and O–H groups in total. The van der Waals surface area contributed by atoms with E-state index in [1.54, 1.807) is 30.5 Å². The van der Waals surface area contributed by atoms with E-state index in [2.05, 4.69) is 11.6 Å². The molecule has 1 unspecified atom stereocenters. The first-order valence-corrected chi connectivity index (χ1v) is 8.62. The van der Waals surface area contributed by atoms with E-state index >= 15 is 0 Å². The Labute approximate surface area is 152 Å². The summed E-state index contributed by atoms with van der Waals surface area (Å²) in [6.45, 7) is 4.43. The molecule has 2 aromatic rings.